The molecule has 0 bridgehead atoms. The van der Waals surface area contributed by atoms with Gasteiger partial charge in [-0.3, -0.25) is 10.1 Å². The van der Waals surface area contributed by atoms with E-state index in [0.717, 1.165) is 16.9 Å². The minimum atomic E-state index is -0.547. The summed E-state index contributed by atoms with van der Waals surface area (Å²) in [5.74, 6) is -0.114. The number of benzene rings is 1. The van der Waals surface area contributed by atoms with Gasteiger partial charge in [0.2, 0.25) is 0 Å². The number of nitriles is 1. The number of fused-ring (bicyclic) bond motifs is 1. The van der Waals surface area contributed by atoms with E-state index in [2.05, 4.69) is 9.97 Å². The van der Waals surface area contributed by atoms with Gasteiger partial charge in [-0.05, 0) is 18.2 Å². The number of nitrogens with zero attached hydrogens (tertiary/aromatic N) is 3. The number of imidazole rings is 1. The zero-order chi connectivity index (χ0) is 15.7. The van der Waals surface area contributed by atoms with Crippen molar-refractivity contribution in [3.63, 3.8) is 0 Å². The molecule has 0 spiro atoms. The Kier molecular flexibility index (Phi) is 3.33. The molecule has 8 heteroatoms. The minimum Gasteiger partial charge on any atom is -0.505 e. The average molecular weight is 312 g/mol. The maximum Gasteiger partial charge on any atom is 0.324 e. The van der Waals surface area contributed by atoms with E-state index in [-0.39, 0.29) is 27.0 Å². The van der Waals surface area contributed by atoms with Gasteiger partial charge >= 0.3 is 5.00 Å². The van der Waals surface area contributed by atoms with Crippen molar-refractivity contribution in [1.29, 1.82) is 5.26 Å². The number of aliphatic hydroxyl groups is 1. The Morgan fingerprint density at radius 1 is 1.36 bits per heavy atom. The fourth-order valence-electron chi connectivity index (χ4n) is 1.97. The lowest BCUT2D eigenvalue weighted by atomic mass is 10.2. The molecule has 22 heavy (non-hydrogen) atoms. The Morgan fingerprint density at radius 2 is 2.14 bits per heavy atom. The first-order valence-corrected chi connectivity index (χ1v) is 6.95. The predicted molar refractivity (Wildman–Crippen MR) is 82.1 cm³/mol. The number of nitrogens with one attached hydrogen (secondary N) is 1. The van der Waals surface area contributed by atoms with Crippen LogP contribution in [0.1, 0.15) is 10.7 Å². The standard InChI is InChI=1S/C14H8N4O3S/c15-7-8(13(19)11-5-6-12(22-11)18(20)21)14-16-9-3-1-2-4-10(9)17-14/h1-6,19H,(H,16,17)/b13-8-. The number of aromatic nitrogens is 2. The molecule has 0 saturated carbocycles. The number of thiophene rings is 1. The van der Waals surface area contributed by atoms with Crippen LogP contribution in [0.25, 0.3) is 22.4 Å². The monoisotopic (exact) mass is 312 g/mol. The quantitative estimate of drug-likeness (QED) is 0.332. The Balaban J connectivity index is 2.11. The number of rotatable bonds is 3. The summed E-state index contributed by atoms with van der Waals surface area (Å²) < 4.78 is 0. The zero-order valence-electron chi connectivity index (χ0n) is 11.0. The Hall–Kier alpha value is -3.18. The van der Waals surface area contributed by atoms with Crippen LogP contribution in [0.15, 0.2) is 36.4 Å². The molecule has 0 unspecified atom stereocenters. The third-order valence-corrected chi connectivity index (χ3v) is 4.02. The molecule has 0 atom stereocenters. The molecule has 0 saturated heterocycles. The van der Waals surface area contributed by atoms with E-state index in [1.807, 2.05) is 18.2 Å². The first-order valence-electron chi connectivity index (χ1n) is 6.13. The van der Waals surface area contributed by atoms with Crippen molar-refractivity contribution in [3.8, 4) is 6.07 Å². The van der Waals surface area contributed by atoms with Crippen LogP contribution in [0.4, 0.5) is 5.00 Å². The van der Waals surface area contributed by atoms with Crippen LogP contribution < -0.4 is 0 Å². The summed E-state index contributed by atoms with van der Waals surface area (Å²) in [4.78, 5) is 17.6. The van der Waals surface area contributed by atoms with E-state index in [1.54, 1.807) is 12.1 Å². The Bertz CT molecular complexity index is 915. The Labute approximate surface area is 127 Å². The maximum atomic E-state index is 10.7. The third kappa shape index (κ3) is 2.30. The highest BCUT2D eigenvalue weighted by atomic mass is 32.1. The van der Waals surface area contributed by atoms with E-state index in [9.17, 15) is 20.5 Å². The second-order valence-corrected chi connectivity index (χ2v) is 5.40. The molecule has 2 heterocycles. The lowest BCUT2D eigenvalue weighted by molar-refractivity contribution is -0.380. The van der Waals surface area contributed by atoms with Crippen molar-refractivity contribution in [3.05, 3.63) is 57.2 Å². The van der Waals surface area contributed by atoms with Gasteiger partial charge in [0.1, 0.15) is 11.6 Å². The molecular weight excluding hydrogens is 304 g/mol. The fraction of sp³-hybridized carbons (Fsp3) is 0. The molecule has 3 rings (SSSR count). The predicted octanol–water partition coefficient (Wildman–Crippen LogP) is 3.48. The average Bonchev–Trinajstić information content (AvgIpc) is 3.14. The van der Waals surface area contributed by atoms with E-state index < -0.39 is 4.92 Å². The molecule has 0 radical (unpaired) electrons. The van der Waals surface area contributed by atoms with Crippen molar-refractivity contribution >= 4 is 38.7 Å². The van der Waals surface area contributed by atoms with E-state index in [1.165, 1.54) is 12.1 Å². The molecule has 0 aliphatic carbocycles. The van der Waals surface area contributed by atoms with Gasteiger partial charge in [0.15, 0.2) is 11.6 Å². The highest BCUT2D eigenvalue weighted by Crippen LogP contribution is 2.32. The summed E-state index contributed by atoms with van der Waals surface area (Å²) in [6.07, 6.45) is 0. The summed E-state index contributed by atoms with van der Waals surface area (Å²) in [7, 11) is 0. The van der Waals surface area contributed by atoms with Crippen LogP contribution in [-0.2, 0) is 0 Å². The number of aromatic amines is 1. The van der Waals surface area contributed by atoms with Crippen LogP contribution in [0.5, 0.6) is 0 Å². The smallest absolute Gasteiger partial charge is 0.324 e. The van der Waals surface area contributed by atoms with Crippen LogP contribution in [0.2, 0.25) is 0 Å². The molecule has 0 amide bonds. The Morgan fingerprint density at radius 3 is 2.77 bits per heavy atom. The summed E-state index contributed by atoms with van der Waals surface area (Å²) >= 11 is 0.795. The fourth-order valence-corrected chi connectivity index (χ4v) is 2.74. The van der Waals surface area contributed by atoms with Gasteiger partial charge in [0.05, 0.1) is 20.8 Å². The number of nitro groups is 1. The minimum absolute atomic E-state index is 0.0621. The van der Waals surface area contributed by atoms with Gasteiger partial charge in [0, 0.05) is 6.07 Å². The first-order chi connectivity index (χ1) is 10.6. The number of allylic oxidation sites excluding steroid dienone is 1. The highest BCUT2D eigenvalue weighted by molar-refractivity contribution is 7.16. The van der Waals surface area contributed by atoms with Gasteiger partial charge < -0.3 is 10.1 Å². The topological polar surface area (TPSA) is 116 Å². The van der Waals surface area contributed by atoms with Gasteiger partial charge in [0.25, 0.3) is 0 Å². The molecule has 1 aromatic carbocycles. The van der Waals surface area contributed by atoms with Crippen molar-refractivity contribution < 1.29 is 10.0 Å². The largest absolute Gasteiger partial charge is 0.505 e. The third-order valence-electron chi connectivity index (χ3n) is 2.98. The molecule has 7 nitrogen and oxygen atoms in total. The first kappa shape index (κ1) is 13.8. The summed E-state index contributed by atoms with van der Waals surface area (Å²) in [5, 5.41) is 30.1. The maximum absolute atomic E-state index is 10.7. The van der Waals surface area contributed by atoms with Gasteiger partial charge in [-0.15, -0.1) is 0 Å². The number of para-hydroxylation sites is 2. The highest BCUT2D eigenvalue weighted by Gasteiger charge is 2.18. The van der Waals surface area contributed by atoms with Crippen LogP contribution in [-0.4, -0.2) is 20.0 Å². The molecule has 2 aromatic heterocycles. The van der Waals surface area contributed by atoms with Crippen LogP contribution >= 0.6 is 11.3 Å². The summed E-state index contributed by atoms with van der Waals surface area (Å²) in [5.41, 5.74) is 1.33. The van der Waals surface area contributed by atoms with E-state index in [4.69, 9.17) is 0 Å². The normalized spacial score (nSPS) is 12.0. The SMILES string of the molecule is N#C/C(=C(/O)c1ccc([N+](=O)[O-])s1)c1nc2ccccc2[nH]1. The van der Waals surface area contributed by atoms with Crippen molar-refractivity contribution in [2.24, 2.45) is 0 Å². The number of aliphatic hydroxyl groups excluding tert-OH is 1. The molecule has 2 N–H and O–H groups in total. The molecular formula is C14H8N4O3S. The number of hydrogen-bond acceptors (Lipinski definition) is 6. The molecule has 3 aromatic rings. The lowest BCUT2D eigenvalue weighted by Gasteiger charge is -1.98. The van der Waals surface area contributed by atoms with Crippen molar-refractivity contribution in [2.45, 2.75) is 0 Å². The van der Waals surface area contributed by atoms with E-state index in [0.29, 0.717) is 5.52 Å². The van der Waals surface area contributed by atoms with E-state index >= 15 is 0 Å². The van der Waals surface area contributed by atoms with Crippen molar-refractivity contribution in [2.75, 3.05) is 0 Å². The zero-order valence-corrected chi connectivity index (χ0v) is 11.8. The number of hydrogen-bond donors (Lipinski definition) is 2. The van der Waals surface area contributed by atoms with Crippen LogP contribution in [0.3, 0.4) is 0 Å². The summed E-state index contributed by atoms with van der Waals surface area (Å²) in [6.45, 7) is 0. The van der Waals surface area contributed by atoms with Crippen LogP contribution in [0, 0.1) is 21.4 Å². The van der Waals surface area contributed by atoms with Gasteiger partial charge in [-0.25, -0.2) is 4.98 Å². The number of H-pyrrole nitrogens is 1. The lowest BCUT2D eigenvalue weighted by Crippen LogP contribution is -1.90. The second-order valence-electron chi connectivity index (χ2n) is 4.33. The van der Waals surface area contributed by atoms with Crippen molar-refractivity contribution in [1.82, 2.24) is 9.97 Å². The molecule has 108 valence electrons. The molecule has 0 aliphatic heterocycles. The summed E-state index contributed by atoms with van der Waals surface area (Å²) in [6, 6.07) is 11.8. The second kappa shape index (κ2) is 5.31. The van der Waals surface area contributed by atoms with Gasteiger partial charge in [-0.2, -0.15) is 5.26 Å². The molecule has 0 fully saturated rings. The van der Waals surface area contributed by atoms with Gasteiger partial charge in [-0.1, -0.05) is 23.5 Å². The molecule has 0 aliphatic rings.